The van der Waals surface area contributed by atoms with Gasteiger partial charge in [0.25, 0.3) is 15.9 Å². The van der Waals surface area contributed by atoms with Crippen molar-refractivity contribution in [2.24, 2.45) is 5.73 Å². The lowest BCUT2D eigenvalue weighted by atomic mass is 10.1. The fraction of sp³-hybridized carbons (Fsp3) is 0.235. The number of nitrogens with two attached hydrogens (primary N) is 1. The molecule has 0 bridgehead atoms. The average Bonchev–Trinajstić information content (AvgIpc) is 2.45. The molecule has 2 rings (SSSR count). The van der Waals surface area contributed by atoms with E-state index < -0.39 is 22.0 Å². The third kappa shape index (κ3) is 4.03. The van der Waals surface area contributed by atoms with Crippen molar-refractivity contribution in [2.45, 2.75) is 31.7 Å². The van der Waals surface area contributed by atoms with Crippen molar-refractivity contribution in [2.75, 3.05) is 0 Å². The summed E-state index contributed by atoms with van der Waals surface area (Å²) >= 11 is 3.32. The predicted octanol–water partition coefficient (Wildman–Crippen LogP) is 2.88. The highest BCUT2D eigenvalue weighted by atomic mass is 79.9. The van der Waals surface area contributed by atoms with Gasteiger partial charge in [-0.05, 0) is 49.6 Å². The topological polar surface area (TPSA) is 89.3 Å². The summed E-state index contributed by atoms with van der Waals surface area (Å²) in [6.07, 6.45) is 0. The molecule has 2 aromatic carbocycles. The SMILES string of the molecule is Cc1ccc(C(N)C(=O)NS(=O)(=O)c2c(C)cc(Br)cc2C)cc1. The molecule has 1 unspecified atom stereocenters. The Morgan fingerprint density at radius 1 is 1.08 bits per heavy atom. The van der Waals surface area contributed by atoms with Crippen LogP contribution in [0, 0.1) is 20.8 Å². The van der Waals surface area contributed by atoms with Crippen molar-refractivity contribution in [3.05, 3.63) is 63.1 Å². The van der Waals surface area contributed by atoms with Gasteiger partial charge in [0.05, 0.1) is 4.90 Å². The Hall–Kier alpha value is -1.70. The smallest absolute Gasteiger partial charge is 0.264 e. The maximum Gasteiger partial charge on any atom is 0.264 e. The number of hydrogen-bond donors (Lipinski definition) is 2. The van der Waals surface area contributed by atoms with Gasteiger partial charge in [-0.3, -0.25) is 4.79 Å². The summed E-state index contributed by atoms with van der Waals surface area (Å²) in [5.41, 5.74) is 8.57. The molecule has 1 amide bonds. The zero-order valence-electron chi connectivity index (χ0n) is 13.6. The van der Waals surface area contributed by atoms with E-state index in [9.17, 15) is 13.2 Å². The van der Waals surface area contributed by atoms with Gasteiger partial charge in [-0.15, -0.1) is 0 Å². The number of hydrogen-bond acceptors (Lipinski definition) is 4. The summed E-state index contributed by atoms with van der Waals surface area (Å²) in [5.74, 6) is -0.763. The van der Waals surface area contributed by atoms with Crippen LogP contribution in [0.5, 0.6) is 0 Å². The van der Waals surface area contributed by atoms with Crippen LogP contribution in [-0.2, 0) is 14.8 Å². The van der Waals surface area contributed by atoms with Crippen molar-refractivity contribution in [3.63, 3.8) is 0 Å². The van der Waals surface area contributed by atoms with Gasteiger partial charge >= 0.3 is 0 Å². The lowest BCUT2D eigenvalue weighted by molar-refractivity contribution is -0.120. The Balaban J connectivity index is 2.29. The maximum absolute atomic E-state index is 12.6. The molecule has 3 N–H and O–H groups in total. The Labute approximate surface area is 150 Å². The number of benzene rings is 2. The molecule has 24 heavy (non-hydrogen) atoms. The second kappa shape index (κ2) is 7.04. The second-order valence-electron chi connectivity index (χ2n) is 5.73. The molecule has 0 aliphatic carbocycles. The van der Waals surface area contributed by atoms with Crippen LogP contribution in [0.1, 0.15) is 28.3 Å². The van der Waals surface area contributed by atoms with Crippen LogP contribution in [-0.4, -0.2) is 14.3 Å². The number of halogens is 1. The van der Waals surface area contributed by atoms with E-state index in [2.05, 4.69) is 20.7 Å². The van der Waals surface area contributed by atoms with Crippen LogP contribution in [0.15, 0.2) is 45.8 Å². The summed E-state index contributed by atoms with van der Waals surface area (Å²) in [4.78, 5) is 12.4. The molecule has 0 radical (unpaired) electrons. The summed E-state index contributed by atoms with van der Waals surface area (Å²) < 4.78 is 28.0. The molecule has 0 fully saturated rings. The van der Waals surface area contributed by atoms with E-state index >= 15 is 0 Å². The molecule has 0 heterocycles. The Morgan fingerprint density at radius 3 is 2.08 bits per heavy atom. The Morgan fingerprint density at radius 2 is 1.58 bits per heavy atom. The lowest BCUT2D eigenvalue weighted by Gasteiger charge is -2.16. The van der Waals surface area contributed by atoms with E-state index in [1.807, 2.05) is 19.1 Å². The minimum Gasteiger partial charge on any atom is -0.316 e. The van der Waals surface area contributed by atoms with Gasteiger partial charge in [0, 0.05) is 4.47 Å². The van der Waals surface area contributed by atoms with Crippen LogP contribution in [0.3, 0.4) is 0 Å². The minimum absolute atomic E-state index is 0.0927. The largest absolute Gasteiger partial charge is 0.316 e. The Bertz CT molecular complexity index is 854. The molecule has 0 aromatic heterocycles. The van der Waals surface area contributed by atoms with E-state index in [0.717, 1.165) is 10.0 Å². The van der Waals surface area contributed by atoms with Gasteiger partial charge in [-0.25, -0.2) is 13.1 Å². The van der Waals surface area contributed by atoms with E-state index in [1.165, 1.54) is 0 Å². The fourth-order valence-electron chi connectivity index (χ4n) is 2.49. The number of nitrogens with one attached hydrogen (secondary N) is 1. The number of carbonyl (C=O) groups excluding carboxylic acids is 1. The number of amides is 1. The van der Waals surface area contributed by atoms with Gasteiger partial charge in [-0.1, -0.05) is 45.8 Å². The Kier molecular flexibility index (Phi) is 5.47. The van der Waals surface area contributed by atoms with E-state index in [1.54, 1.807) is 38.1 Å². The van der Waals surface area contributed by atoms with Gasteiger partial charge in [0.2, 0.25) is 0 Å². The first-order valence-electron chi connectivity index (χ1n) is 7.27. The standard InChI is InChI=1S/C17H19BrN2O3S/c1-10-4-6-13(7-5-10)15(19)17(21)20-24(22,23)16-11(2)8-14(18)9-12(16)3/h4-9,15H,19H2,1-3H3,(H,20,21). The molecule has 0 aliphatic heterocycles. The van der Waals surface area contributed by atoms with Crippen LogP contribution in [0.2, 0.25) is 0 Å². The van der Waals surface area contributed by atoms with Gasteiger partial charge in [-0.2, -0.15) is 0 Å². The van der Waals surface area contributed by atoms with Gasteiger partial charge in [0.15, 0.2) is 0 Å². The van der Waals surface area contributed by atoms with Gasteiger partial charge < -0.3 is 5.73 Å². The number of rotatable bonds is 4. The molecule has 0 spiro atoms. The van der Waals surface area contributed by atoms with Crippen LogP contribution in [0.4, 0.5) is 0 Å². The van der Waals surface area contributed by atoms with Crippen molar-refractivity contribution in [1.82, 2.24) is 4.72 Å². The van der Waals surface area contributed by atoms with Crippen molar-refractivity contribution < 1.29 is 13.2 Å². The summed E-state index contributed by atoms with van der Waals surface area (Å²) in [6, 6.07) is 9.37. The van der Waals surface area contributed by atoms with Crippen molar-refractivity contribution in [1.29, 1.82) is 0 Å². The quantitative estimate of drug-likeness (QED) is 0.810. The highest BCUT2D eigenvalue weighted by molar-refractivity contribution is 9.10. The molecule has 1 atom stereocenters. The van der Waals surface area contributed by atoms with E-state index in [4.69, 9.17) is 5.73 Å². The third-order valence-electron chi connectivity index (χ3n) is 3.65. The maximum atomic E-state index is 12.6. The van der Waals surface area contributed by atoms with Crippen molar-refractivity contribution >= 4 is 31.9 Å². The van der Waals surface area contributed by atoms with Gasteiger partial charge in [0.1, 0.15) is 6.04 Å². The molecule has 128 valence electrons. The number of carbonyl (C=O) groups is 1. The minimum atomic E-state index is -4.00. The monoisotopic (exact) mass is 410 g/mol. The molecule has 7 heteroatoms. The van der Waals surface area contributed by atoms with Crippen LogP contribution >= 0.6 is 15.9 Å². The molecule has 0 aliphatic rings. The first-order chi connectivity index (χ1) is 11.1. The van der Waals surface area contributed by atoms with Crippen LogP contribution < -0.4 is 10.5 Å². The molecular weight excluding hydrogens is 392 g/mol. The lowest BCUT2D eigenvalue weighted by Crippen LogP contribution is -2.38. The first-order valence-corrected chi connectivity index (χ1v) is 9.55. The first kappa shape index (κ1) is 18.6. The normalized spacial score (nSPS) is 12.7. The highest BCUT2D eigenvalue weighted by Gasteiger charge is 2.26. The molecule has 0 saturated heterocycles. The van der Waals surface area contributed by atoms with Crippen LogP contribution in [0.25, 0.3) is 0 Å². The van der Waals surface area contributed by atoms with E-state index in [-0.39, 0.29) is 4.90 Å². The number of aryl methyl sites for hydroxylation is 3. The zero-order valence-corrected chi connectivity index (χ0v) is 16.0. The van der Waals surface area contributed by atoms with Crippen molar-refractivity contribution in [3.8, 4) is 0 Å². The third-order valence-corrected chi connectivity index (χ3v) is 5.76. The molecular formula is C17H19BrN2O3S. The zero-order chi connectivity index (χ0) is 18.1. The summed E-state index contributed by atoms with van der Waals surface area (Å²) in [5, 5.41) is 0. The molecule has 0 saturated carbocycles. The van der Waals surface area contributed by atoms with E-state index in [0.29, 0.717) is 16.7 Å². The molecule has 2 aromatic rings. The number of sulfonamides is 1. The summed E-state index contributed by atoms with van der Waals surface area (Å²) in [6.45, 7) is 5.27. The highest BCUT2D eigenvalue weighted by Crippen LogP contribution is 2.25. The predicted molar refractivity (Wildman–Crippen MR) is 97.1 cm³/mol. The molecule has 5 nitrogen and oxygen atoms in total. The summed E-state index contributed by atoms with van der Waals surface area (Å²) in [7, 11) is -4.00. The average molecular weight is 411 g/mol. The fourth-order valence-corrected chi connectivity index (χ4v) is 4.64. The second-order valence-corrected chi connectivity index (χ2v) is 8.26.